The van der Waals surface area contributed by atoms with Crippen molar-refractivity contribution in [2.24, 2.45) is 23.7 Å². The van der Waals surface area contributed by atoms with Gasteiger partial charge in [-0.1, -0.05) is 31.6 Å². The van der Waals surface area contributed by atoms with Gasteiger partial charge in [-0.05, 0) is 42.4 Å². The molecule has 0 unspecified atom stereocenters. The minimum Gasteiger partial charge on any atom is -0.454 e. The van der Waals surface area contributed by atoms with Gasteiger partial charge in [-0.2, -0.15) is 0 Å². The highest BCUT2D eigenvalue weighted by atomic mass is 16.7. The van der Waals surface area contributed by atoms with E-state index in [0.29, 0.717) is 30.5 Å². The average Bonchev–Trinajstić information content (AvgIpc) is 2.91. The molecule has 5 atom stereocenters. The third kappa shape index (κ3) is 1.98. The van der Waals surface area contributed by atoms with Gasteiger partial charge in [-0.3, -0.25) is 0 Å². The Hall–Kier alpha value is -1.48. The minimum absolute atomic E-state index is 0.134. The Bertz CT molecular complexity index is 592. The Morgan fingerprint density at radius 2 is 1.90 bits per heavy atom. The molecule has 4 rings (SSSR count). The van der Waals surface area contributed by atoms with Crippen LogP contribution in [-0.4, -0.2) is 13.4 Å². The van der Waals surface area contributed by atoms with E-state index >= 15 is 0 Å². The number of hydrogen-bond acceptors (Lipinski definition) is 3. The second kappa shape index (κ2) is 4.77. The summed E-state index contributed by atoms with van der Waals surface area (Å²) in [5, 5.41) is 0. The molecule has 3 heteroatoms. The monoisotopic (exact) mass is 286 g/mol. The number of fused-ring (bicyclic) bond motifs is 3. The molecule has 21 heavy (non-hydrogen) atoms. The number of ether oxygens (including phenoxy) is 3. The van der Waals surface area contributed by atoms with Crippen LogP contribution in [-0.2, 0) is 4.74 Å². The Labute approximate surface area is 125 Å². The van der Waals surface area contributed by atoms with E-state index in [0.717, 1.165) is 18.1 Å². The van der Waals surface area contributed by atoms with Gasteiger partial charge in [0.2, 0.25) is 6.79 Å². The van der Waals surface area contributed by atoms with Crippen molar-refractivity contribution in [3.8, 4) is 11.5 Å². The summed E-state index contributed by atoms with van der Waals surface area (Å²) in [6.07, 6.45) is 2.58. The Kier molecular flexibility index (Phi) is 3.00. The molecule has 1 aromatic carbocycles. The van der Waals surface area contributed by atoms with Crippen molar-refractivity contribution in [3.63, 3.8) is 0 Å². The van der Waals surface area contributed by atoms with E-state index in [1.165, 1.54) is 11.1 Å². The molecule has 0 radical (unpaired) electrons. The quantitative estimate of drug-likeness (QED) is 0.732. The second-order valence-electron chi connectivity index (χ2n) is 6.69. The molecule has 0 amide bonds. The van der Waals surface area contributed by atoms with E-state index in [-0.39, 0.29) is 6.10 Å². The fraction of sp³-hybridized carbons (Fsp3) is 0.556. The number of allylic oxidation sites excluding steroid dienone is 1. The lowest BCUT2D eigenvalue weighted by molar-refractivity contribution is -0.0934. The first-order valence-corrected chi connectivity index (χ1v) is 7.84. The molecule has 0 spiro atoms. The van der Waals surface area contributed by atoms with Crippen molar-refractivity contribution in [3.05, 3.63) is 35.4 Å². The number of hydrogen-bond donors (Lipinski definition) is 0. The van der Waals surface area contributed by atoms with E-state index in [1.54, 1.807) is 0 Å². The summed E-state index contributed by atoms with van der Waals surface area (Å²) in [4.78, 5) is 0. The highest BCUT2D eigenvalue weighted by Crippen LogP contribution is 2.50. The predicted molar refractivity (Wildman–Crippen MR) is 80.3 cm³/mol. The molecule has 2 aliphatic heterocycles. The van der Waals surface area contributed by atoms with Crippen molar-refractivity contribution in [2.45, 2.75) is 26.9 Å². The second-order valence-corrected chi connectivity index (χ2v) is 6.69. The van der Waals surface area contributed by atoms with Gasteiger partial charge in [0.15, 0.2) is 11.5 Å². The largest absolute Gasteiger partial charge is 0.454 e. The maximum Gasteiger partial charge on any atom is 0.231 e. The third-order valence-electron chi connectivity index (χ3n) is 5.49. The Morgan fingerprint density at radius 3 is 2.76 bits per heavy atom. The summed E-state index contributed by atoms with van der Waals surface area (Å²) in [6.45, 7) is 8.11. The number of benzene rings is 1. The lowest BCUT2D eigenvalue weighted by Crippen LogP contribution is -2.42. The lowest BCUT2D eigenvalue weighted by atomic mass is 9.64. The summed E-state index contributed by atoms with van der Waals surface area (Å²) in [5.74, 6) is 4.08. The lowest BCUT2D eigenvalue weighted by Gasteiger charge is -2.47. The van der Waals surface area contributed by atoms with Gasteiger partial charge in [0.25, 0.3) is 0 Å². The van der Waals surface area contributed by atoms with Crippen LogP contribution in [0.25, 0.3) is 0 Å². The van der Waals surface area contributed by atoms with Crippen molar-refractivity contribution in [1.29, 1.82) is 0 Å². The summed E-state index contributed by atoms with van der Waals surface area (Å²) in [7, 11) is 0. The first-order valence-electron chi connectivity index (χ1n) is 7.84. The topological polar surface area (TPSA) is 27.7 Å². The van der Waals surface area contributed by atoms with Crippen LogP contribution in [0.1, 0.15) is 32.4 Å². The zero-order valence-electron chi connectivity index (χ0n) is 12.8. The maximum absolute atomic E-state index is 6.26. The molecule has 0 aromatic heterocycles. The van der Waals surface area contributed by atoms with E-state index in [2.05, 4.69) is 39.0 Å². The molecule has 1 aliphatic carbocycles. The zero-order chi connectivity index (χ0) is 14.6. The van der Waals surface area contributed by atoms with E-state index in [4.69, 9.17) is 14.2 Å². The smallest absolute Gasteiger partial charge is 0.231 e. The molecule has 0 N–H and O–H groups in total. The first kappa shape index (κ1) is 13.2. The van der Waals surface area contributed by atoms with Crippen molar-refractivity contribution >= 4 is 0 Å². The van der Waals surface area contributed by atoms with E-state index in [9.17, 15) is 0 Å². The van der Waals surface area contributed by atoms with Crippen LogP contribution in [0.15, 0.2) is 29.8 Å². The minimum atomic E-state index is 0.134. The van der Waals surface area contributed by atoms with Crippen LogP contribution in [0.3, 0.4) is 0 Å². The molecule has 1 fully saturated rings. The van der Waals surface area contributed by atoms with Crippen molar-refractivity contribution in [2.75, 3.05) is 13.4 Å². The van der Waals surface area contributed by atoms with Crippen LogP contribution in [0, 0.1) is 23.7 Å². The Balaban J connectivity index is 1.71. The van der Waals surface area contributed by atoms with Crippen LogP contribution in [0.5, 0.6) is 11.5 Å². The van der Waals surface area contributed by atoms with Gasteiger partial charge in [0.05, 0.1) is 12.7 Å². The van der Waals surface area contributed by atoms with Crippen molar-refractivity contribution < 1.29 is 14.2 Å². The molecule has 2 bridgehead atoms. The fourth-order valence-electron chi connectivity index (χ4n) is 4.34. The standard InChI is InChI=1S/C18H22O3/c1-10-6-11(2)17-12(3)14(10)8-19-18(17)13-4-5-15-16(7-13)21-9-20-15/h4-7,10,12,14,17-18H,8-9H2,1-3H3/t10-,12+,14+,17+,18-/m0/s1. The highest BCUT2D eigenvalue weighted by molar-refractivity contribution is 5.45. The molecule has 1 saturated heterocycles. The average molecular weight is 286 g/mol. The fourth-order valence-corrected chi connectivity index (χ4v) is 4.34. The van der Waals surface area contributed by atoms with Crippen LogP contribution < -0.4 is 9.47 Å². The van der Waals surface area contributed by atoms with Crippen molar-refractivity contribution in [1.82, 2.24) is 0 Å². The van der Waals surface area contributed by atoms with Gasteiger partial charge in [0, 0.05) is 5.92 Å². The molecular weight excluding hydrogens is 264 g/mol. The van der Waals surface area contributed by atoms with Gasteiger partial charge in [-0.15, -0.1) is 0 Å². The molecule has 1 aromatic rings. The molecule has 0 saturated carbocycles. The highest BCUT2D eigenvalue weighted by Gasteiger charge is 2.43. The Morgan fingerprint density at radius 1 is 1.10 bits per heavy atom. The van der Waals surface area contributed by atoms with Crippen LogP contribution in [0.2, 0.25) is 0 Å². The maximum atomic E-state index is 6.26. The van der Waals surface area contributed by atoms with Crippen LogP contribution in [0.4, 0.5) is 0 Å². The zero-order valence-corrected chi connectivity index (χ0v) is 12.8. The molecular formula is C18H22O3. The van der Waals surface area contributed by atoms with E-state index < -0.39 is 0 Å². The summed E-state index contributed by atoms with van der Waals surface area (Å²) in [5.41, 5.74) is 2.67. The number of rotatable bonds is 1. The van der Waals surface area contributed by atoms with Gasteiger partial charge >= 0.3 is 0 Å². The molecule has 112 valence electrons. The molecule has 3 nitrogen and oxygen atoms in total. The molecule has 3 aliphatic rings. The first-order chi connectivity index (χ1) is 10.1. The molecule has 2 heterocycles. The normalized spacial score (nSPS) is 37.3. The van der Waals surface area contributed by atoms with Gasteiger partial charge in [-0.25, -0.2) is 0 Å². The summed E-state index contributed by atoms with van der Waals surface area (Å²) in [6, 6.07) is 6.21. The van der Waals surface area contributed by atoms with Gasteiger partial charge in [0.1, 0.15) is 0 Å². The third-order valence-corrected chi connectivity index (χ3v) is 5.49. The SMILES string of the molecule is CC1=C[C@H](C)[C@H]2CO[C@@H](c3ccc4c(c3)OCO4)[C@H]1[C@@H]2C. The van der Waals surface area contributed by atoms with Gasteiger partial charge < -0.3 is 14.2 Å². The van der Waals surface area contributed by atoms with E-state index in [1.807, 2.05) is 6.07 Å². The summed E-state index contributed by atoms with van der Waals surface area (Å²) >= 11 is 0. The van der Waals surface area contributed by atoms with Crippen LogP contribution >= 0.6 is 0 Å². The summed E-state index contributed by atoms with van der Waals surface area (Å²) < 4.78 is 17.2. The predicted octanol–water partition coefficient (Wildman–Crippen LogP) is 3.95.